The van der Waals surface area contributed by atoms with E-state index in [9.17, 15) is 14.3 Å². The number of methoxy groups -OCH3 is 1. The fraction of sp³-hybridized carbons (Fsp3) is 0.300. The molecule has 82 valence electrons. The molecule has 0 aliphatic heterocycles. The average molecular weight is 214 g/mol. The number of rotatable bonds is 3. The number of carboxylic acid groups (broad SMARTS) is 1. The van der Waals surface area contributed by atoms with E-state index in [2.05, 4.69) is 0 Å². The van der Waals surface area contributed by atoms with E-state index in [-0.39, 0.29) is 16.9 Å². The molecule has 0 aromatic heterocycles. The lowest BCUT2D eigenvalue weighted by atomic mass is 10.1. The summed E-state index contributed by atoms with van der Waals surface area (Å²) in [5.41, 5.74) is 0.322. The summed E-state index contributed by atoms with van der Waals surface area (Å²) in [5.74, 6) is -2.02. The van der Waals surface area contributed by atoms with Crippen LogP contribution in [0.1, 0.15) is 17.2 Å². The Bertz CT molecular complexity index is 389. The highest BCUT2D eigenvalue weighted by molar-refractivity contribution is 5.74. The zero-order valence-electron chi connectivity index (χ0n) is 8.32. The standard InChI is InChI=1S/C10H11FO4/c1-5-3-6(9(12)10(13)14)4-7(15-2)8(5)11/h3-4,9,12H,1-2H3,(H,13,14). The Labute approximate surface area is 85.9 Å². The van der Waals surface area contributed by atoms with E-state index in [0.29, 0.717) is 0 Å². The molecule has 0 aliphatic carbocycles. The van der Waals surface area contributed by atoms with Crippen molar-refractivity contribution in [2.45, 2.75) is 13.0 Å². The van der Waals surface area contributed by atoms with Crippen molar-refractivity contribution >= 4 is 5.97 Å². The number of halogens is 1. The molecule has 15 heavy (non-hydrogen) atoms. The second-order valence-corrected chi connectivity index (χ2v) is 3.09. The molecule has 1 atom stereocenters. The first kappa shape index (κ1) is 11.5. The first-order chi connectivity index (χ1) is 6.97. The molecular formula is C10H11FO4. The van der Waals surface area contributed by atoms with Crippen molar-refractivity contribution < 1.29 is 24.1 Å². The monoisotopic (exact) mass is 214 g/mol. The van der Waals surface area contributed by atoms with Crippen LogP contribution in [0.5, 0.6) is 5.75 Å². The van der Waals surface area contributed by atoms with Gasteiger partial charge in [-0.15, -0.1) is 0 Å². The van der Waals surface area contributed by atoms with E-state index >= 15 is 0 Å². The highest BCUT2D eigenvalue weighted by Gasteiger charge is 2.19. The number of aliphatic hydroxyl groups excluding tert-OH is 1. The number of carbonyl (C=O) groups is 1. The smallest absolute Gasteiger partial charge is 0.337 e. The van der Waals surface area contributed by atoms with Crippen LogP contribution in [0.3, 0.4) is 0 Å². The molecule has 2 N–H and O–H groups in total. The van der Waals surface area contributed by atoms with E-state index < -0.39 is 17.9 Å². The number of aliphatic carboxylic acids is 1. The highest BCUT2D eigenvalue weighted by Crippen LogP contribution is 2.25. The number of aliphatic hydroxyl groups is 1. The maximum atomic E-state index is 13.3. The van der Waals surface area contributed by atoms with Gasteiger partial charge >= 0.3 is 5.97 Å². The van der Waals surface area contributed by atoms with Gasteiger partial charge in [0.05, 0.1) is 7.11 Å². The van der Waals surface area contributed by atoms with Crippen LogP contribution in [0.2, 0.25) is 0 Å². The Hall–Kier alpha value is -1.62. The summed E-state index contributed by atoms with van der Waals surface area (Å²) < 4.78 is 18.0. The van der Waals surface area contributed by atoms with E-state index in [1.165, 1.54) is 26.2 Å². The van der Waals surface area contributed by atoms with Crippen molar-refractivity contribution in [1.29, 1.82) is 0 Å². The second kappa shape index (κ2) is 4.27. The van der Waals surface area contributed by atoms with Crippen molar-refractivity contribution in [3.8, 4) is 5.75 Å². The summed E-state index contributed by atoms with van der Waals surface area (Å²) >= 11 is 0. The second-order valence-electron chi connectivity index (χ2n) is 3.09. The van der Waals surface area contributed by atoms with Crippen molar-refractivity contribution in [3.05, 3.63) is 29.1 Å². The molecule has 1 unspecified atom stereocenters. The molecule has 1 aromatic rings. The molecule has 0 saturated heterocycles. The summed E-state index contributed by atoms with van der Waals surface area (Å²) in [5, 5.41) is 17.8. The molecule has 0 amide bonds. The Morgan fingerprint density at radius 3 is 2.60 bits per heavy atom. The van der Waals surface area contributed by atoms with E-state index in [1.54, 1.807) is 0 Å². The van der Waals surface area contributed by atoms with Crippen LogP contribution in [-0.4, -0.2) is 23.3 Å². The predicted molar refractivity (Wildman–Crippen MR) is 50.3 cm³/mol. The molecule has 0 spiro atoms. The molecule has 4 nitrogen and oxygen atoms in total. The molecule has 0 radical (unpaired) electrons. The summed E-state index contributed by atoms with van der Waals surface area (Å²) in [4.78, 5) is 10.5. The van der Waals surface area contributed by atoms with E-state index in [4.69, 9.17) is 9.84 Å². The van der Waals surface area contributed by atoms with Gasteiger partial charge in [0.1, 0.15) is 0 Å². The molecule has 0 saturated carbocycles. The number of hydrogen-bond donors (Lipinski definition) is 2. The first-order valence-electron chi connectivity index (χ1n) is 4.22. The van der Waals surface area contributed by atoms with Crippen molar-refractivity contribution in [3.63, 3.8) is 0 Å². The third kappa shape index (κ3) is 2.24. The van der Waals surface area contributed by atoms with Crippen molar-refractivity contribution in [2.24, 2.45) is 0 Å². The molecule has 0 aliphatic rings. The Morgan fingerprint density at radius 1 is 1.53 bits per heavy atom. The van der Waals surface area contributed by atoms with Crippen LogP contribution >= 0.6 is 0 Å². The van der Waals surface area contributed by atoms with Gasteiger partial charge in [-0.2, -0.15) is 0 Å². The van der Waals surface area contributed by atoms with Crippen LogP contribution in [-0.2, 0) is 4.79 Å². The van der Waals surface area contributed by atoms with Crippen LogP contribution < -0.4 is 4.74 Å². The molecule has 0 bridgehead atoms. The van der Waals surface area contributed by atoms with Gasteiger partial charge in [0.25, 0.3) is 0 Å². The van der Waals surface area contributed by atoms with Crippen LogP contribution in [0.15, 0.2) is 12.1 Å². The first-order valence-corrected chi connectivity index (χ1v) is 4.22. The van der Waals surface area contributed by atoms with Gasteiger partial charge in [-0.25, -0.2) is 9.18 Å². The Morgan fingerprint density at radius 2 is 2.13 bits per heavy atom. The van der Waals surface area contributed by atoms with Gasteiger partial charge in [-0.1, -0.05) is 0 Å². The summed E-state index contributed by atoms with van der Waals surface area (Å²) in [6.45, 7) is 1.47. The topological polar surface area (TPSA) is 66.8 Å². The quantitative estimate of drug-likeness (QED) is 0.794. The summed E-state index contributed by atoms with van der Waals surface area (Å²) in [6, 6.07) is 2.44. The fourth-order valence-corrected chi connectivity index (χ4v) is 1.21. The van der Waals surface area contributed by atoms with Crippen LogP contribution in [0.4, 0.5) is 4.39 Å². The van der Waals surface area contributed by atoms with Crippen LogP contribution in [0, 0.1) is 12.7 Å². The zero-order chi connectivity index (χ0) is 11.6. The number of benzene rings is 1. The number of hydrogen-bond acceptors (Lipinski definition) is 3. The molecule has 1 rings (SSSR count). The third-order valence-electron chi connectivity index (χ3n) is 2.01. The van der Waals surface area contributed by atoms with Gasteiger partial charge in [-0.3, -0.25) is 0 Å². The van der Waals surface area contributed by atoms with Crippen LogP contribution in [0.25, 0.3) is 0 Å². The lowest BCUT2D eigenvalue weighted by molar-refractivity contribution is -0.146. The third-order valence-corrected chi connectivity index (χ3v) is 2.01. The van der Waals surface area contributed by atoms with Gasteiger partial charge < -0.3 is 14.9 Å². The minimum atomic E-state index is -1.67. The maximum Gasteiger partial charge on any atom is 0.337 e. The minimum Gasteiger partial charge on any atom is -0.494 e. The summed E-state index contributed by atoms with van der Waals surface area (Å²) in [6.07, 6.45) is -1.67. The summed E-state index contributed by atoms with van der Waals surface area (Å²) in [7, 11) is 1.27. The molecule has 5 heteroatoms. The van der Waals surface area contributed by atoms with Gasteiger partial charge in [0.15, 0.2) is 17.7 Å². The number of aryl methyl sites for hydroxylation is 1. The maximum absolute atomic E-state index is 13.3. The molecule has 0 heterocycles. The minimum absolute atomic E-state index is 0.0784. The van der Waals surface area contributed by atoms with Gasteiger partial charge in [0, 0.05) is 0 Å². The lowest BCUT2D eigenvalue weighted by Gasteiger charge is -2.10. The number of ether oxygens (including phenoxy) is 1. The zero-order valence-corrected chi connectivity index (χ0v) is 8.32. The number of carboxylic acids is 1. The molecular weight excluding hydrogens is 203 g/mol. The van der Waals surface area contributed by atoms with Gasteiger partial charge in [-0.05, 0) is 30.2 Å². The average Bonchev–Trinajstić information content (AvgIpc) is 2.20. The SMILES string of the molecule is COc1cc(C(O)C(=O)O)cc(C)c1F. The Kier molecular flexibility index (Phi) is 3.26. The highest BCUT2D eigenvalue weighted by atomic mass is 19.1. The van der Waals surface area contributed by atoms with E-state index in [0.717, 1.165) is 0 Å². The van der Waals surface area contributed by atoms with Crippen molar-refractivity contribution in [2.75, 3.05) is 7.11 Å². The Balaban J connectivity index is 3.22. The molecule has 1 aromatic carbocycles. The van der Waals surface area contributed by atoms with Gasteiger partial charge in [0.2, 0.25) is 0 Å². The van der Waals surface area contributed by atoms with E-state index in [1.807, 2.05) is 0 Å². The lowest BCUT2D eigenvalue weighted by Crippen LogP contribution is -2.11. The normalized spacial score (nSPS) is 12.3. The van der Waals surface area contributed by atoms with Crippen molar-refractivity contribution in [1.82, 2.24) is 0 Å². The largest absolute Gasteiger partial charge is 0.494 e. The predicted octanol–water partition coefficient (Wildman–Crippen LogP) is 1.26. The fourth-order valence-electron chi connectivity index (χ4n) is 1.21. The molecule has 0 fully saturated rings.